The first kappa shape index (κ1) is 11.5. The van der Waals surface area contributed by atoms with Crippen LogP contribution in [0.3, 0.4) is 0 Å². The summed E-state index contributed by atoms with van der Waals surface area (Å²) < 4.78 is 0. The van der Waals surface area contributed by atoms with Gasteiger partial charge in [0, 0.05) is 11.4 Å². The lowest BCUT2D eigenvalue weighted by atomic mass is 10.2. The molecule has 4 heteroatoms. The lowest BCUT2D eigenvalue weighted by Crippen LogP contribution is -2.19. The third-order valence-electron chi connectivity index (χ3n) is 2.47. The Labute approximate surface area is 101 Å². The van der Waals surface area contributed by atoms with Crippen LogP contribution in [0.1, 0.15) is 25.5 Å². The van der Waals surface area contributed by atoms with Crippen molar-refractivity contribution in [3.63, 3.8) is 0 Å². The SMILES string of the molecule is CCCC1CN=C(NCc2ccccn2)S1. The molecule has 0 spiro atoms. The summed E-state index contributed by atoms with van der Waals surface area (Å²) in [6.45, 7) is 3.95. The summed E-state index contributed by atoms with van der Waals surface area (Å²) in [6, 6.07) is 5.97. The topological polar surface area (TPSA) is 37.3 Å². The average Bonchev–Trinajstić information content (AvgIpc) is 2.76. The number of nitrogens with one attached hydrogen (secondary N) is 1. The monoisotopic (exact) mass is 235 g/mol. The number of amidine groups is 1. The van der Waals surface area contributed by atoms with E-state index in [9.17, 15) is 0 Å². The van der Waals surface area contributed by atoms with E-state index in [1.54, 1.807) is 0 Å². The van der Waals surface area contributed by atoms with Crippen molar-refractivity contribution in [3.05, 3.63) is 30.1 Å². The van der Waals surface area contributed by atoms with Crippen LogP contribution in [-0.4, -0.2) is 21.9 Å². The zero-order valence-electron chi connectivity index (χ0n) is 9.52. The maximum Gasteiger partial charge on any atom is 0.157 e. The molecule has 1 aliphatic rings. The van der Waals surface area contributed by atoms with Gasteiger partial charge in [0.05, 0.1) is 18.8 Å². The highest BCUT2D eigenvalue weighted by Crippen LogP contribution is 2.23. The van der Waals surface area contributed by atoms with Crippen LogP contribution in [-0.2, 0) is 6.54 Å². The van der Waals surface area contributed by atoms with E-state index in [2.05, 4.69) is 22.2 Å². The molecule has 1 aromatic heterocycles. The molecule has 2 heterocycles. The summed E-state index contributed by atoms with van der Waals surface area (Å²) in [5, 5.41) is 5.09. The van der Waals surface area contributed by atoms with Crippen LogP contribution in [0.4, 0.5) is 0 Å². The summed E-state index contributed by atoms with van der Waals surface area (Å²) in [5.41, 5.74) is 1.06. The predicted octanol–water partition coefficient (Wildman–Crippen LogP) is 2.44. The van der Waals surface area contributed by atoms with Crippen molar-refractivity contribution in [2.24, 2.45) is 4.99 Å². The van der Waals surface area contributed by atoms with E-state index in [0.29, 0.717) is 5.25 Å². The molecule has 0 bridgehead atoms. The number of rotatable bonds is 4. The van der Waals surface area contributed by atoms with Gasteiger partial charge in [-0.2, -0.15) is 0 Å². The zero-order valence-corrected chi connectivity index (χ0v) is 10.3. The Hall–Kier alpha value is -1.03. The van der Waals surface area contributed by atoms with Crippen molar-refractivity contribution in [1.82, 2.24) is 10.3 Å². The Bertz CT molecular complexity index is 351. The van der Waals surface area contributed by atoms with Crippen molar-refractivity contribution in [3.8, 4) is 0 Å². The molecule has 0 aromatic carbocycles. The van der Waals surface area contributed by atoms with Gasteiger partial charge in [0.2, 0.25) is 0 Å². The lowest BCUT2D eigenvalue weighted by Gasteiger charge is -2.07. The first-order chi connectivity index (χ1) is 7.88. The number of pyridine rings is 1. The van der Waals surface area contributed by atoms with E-state index in [1.165, 1.54) is 12.8 Å². The Morgan fingerprint density at radius 1 is 1.50 bits per heavy atom. The number of hydrogen-bond donors (Lipinski definition) is 1. The van der Waals surface area contributed by atoms with Gasteiger partial charge in [-0.05, 0) is 18.6 Å². The smallest absolute Gasteiger partial charge is 0.157 e. The van der Waals surface area contributed by atoms with Gasteiger partial charge in [-0.15, -0.1) is 0 Å². The summed E-state index contributed by atoms with van der Waals surface area (Å²) in [6.07, 6.45) is 4.31. The van der Waals surface area contributed by atoms with Crippen LogP contribution in [0.15, 0.2) is 29.4 Å². The second kappa shape index (κ2) is 5.89. The van der Waals surface area contributed by atoms with Crippen LogP contribution in [0.5, 0.6) is 0 Å². The predicted molar refractivity (Wildman–Crippen MR) is 69.7 cm³/mol. The molecule has 86 valence electrons. The second-order valence-electron chi connectivity index (χ2n) is 3.85. The maximum atomic E-state index is 4.49. The molecule has 2 rings (SSSR count). The van der Waals surface area contributed by atoms with Gasteiger partial charge in [-0.1, -0.05) is 31.2 Å². The van der Waals surface area contributed by atoms with Crippen molar-refractivity contribution >= 4 is 16.9 Å². The second-order valence-corrected chi connectivity index (χ2v) is 5.14. The number of thioether (sulfide) groups is 1. The minimum Gasteiger partial charge on any atom is -0.359 e. The Kier molecular flexibility index (Phi) is 4.22. The van der Waals surface area contributed by atoms with Gasteiger partial charge in [0.25, 0.3) is 0 Å². The van der Waals surface area contributed by atoms with E-state index in [4.69, 9.17) is 0 Å². The summed E-state index contributed by atoms with van der Waals surface area (Å²) in [7, 11) is 0. The van der Waals surface area contributed by atoms with Crippen LogP contribution in [0.25, 0.3) is 0 Å². The van der Waals surface area contributed by atoms with Crippen molar-refractivity contribution in [1.29, 1.82) is 0 Å². The summed E-state index contributed by atoms with van der Waals surface area (Å²) in [4.78, 5) is 8.76. The molecule has 0 amide bonds. The van der Waals surface area contributed by atoms with E-state index in [0.717, 1.165) is 24.0 Å². The first-order valence-corrected chi connectivity index (χ1v) is 6.61. The zero-order chi connectivity index (χ0) is 11.2. The minimum absolute atomic E-state index is 0.677. The van der Waals surface area contributed by atoms with Gasteiger partial charge >= 0.3 is 0 Å². The summed E-state index contributed by atoms with van der Waals surface area (Å²) in [5.74, 6) is 0. The van der Waals surface area contributed by atoms with Crippen LogP contribution in [0.2, 0.25) is 0 Å². The van der Waals surface area contributed by atoms with Crippen molar-refractivity contribution in [2.45, 2.75) is 31.6 Å². The molecule has 1 aromatic rings. The van der Waals surface area contributed by atoms with Gasteiger partial charge in [0.15, 0.2) is 5.17 Å². The van der Waals surface area contributed by atoms with Crippen LogP contribution < -0.4 is 5.32 Å². The lowest BCUT2D eigenvalue weighted by molar-refractivity contribution is 0.753. The standard InChI is InChI=1S/C12H17N3S/c1-2-5-11-9-15-12(16-11)14-8-10-6-3-4-7-13-10/h3-4,6-7,11H,2,5,8-9H2,1H3,(H,14,15). The first-order valence-electron chi connectivity index (χ1n) is 5.73. The molecule has 0 radical (unpaired) electrons. The van der Waals surface area contributed by atoms with Crippen molar-refractivity contribution in [2.75, 3.05) is 6.54 Å². The number of nitrogens with zero attached hydrogens (tertiary/aromatic N) is 2. The molecule has 1 unspecified atom stereocenters. The quantitative estimate of drug-likeness (QED) is 0.871. The van der Waals surface area contributed by atoms with Crippen molar-refractivity contribution < 1.29 is 0 Å². The van der Waals surface area contributed by atoms with E-state index in [1.807, 2.05) is 36.2 Å². The fraction of sp³-hybridized carbons (Fsp3) is 0.500. The molecule has 0 aliphatic carbocycles. The molecule has 0 fully saturated rings. The third-order valence-corrected chi connectivity index (χ3v) is 3.69. The van der Waals surface area contributed by atoms with Crippen LogP contribution >= 0.6 is 11.8 Å². The average molecular weight is 235 g/mol. The highest BCUT2D eigenvalue weighted by Gasteiger charge is 2.18. The molecule has 0 saturated heterocycles. The number of aliphatic imine (C=N–C) groups is 1. The number of aromatic nitrogens is 1. The molecule has 0 saturated carbocycles. The van der Waals surface area contributed by atoms with E-state index in [-0.39, 0.29) is 0 Å². The number of hydrogen-bond acceptors (Lipinski definition) is 4. The van der Waals surface area contributed by atoms with Gasteiger partial charge in [-0.25, -0.2) is 0 Å². The molecule has 16 heavy (non-hydrogen) atoms. The molecular formula is C12H17N3S. The van der Waals surface area contributed by atoms with Gasteiger partial charge < -0.3 is 5.32 Å². The Balaban J connectivity index is 1.76. The van der Waals surface area contributed by atoms with Gasteiger partial charge in [-0.3, -0.25) is 9.98 Å². The fourth-order valence-corrected chi connectivity index (χ4v) is 2.78. The summed E-state index contributed by atoms with van der Waals surface area (Å²) >= 11 is 1.87. The molecule has 3 nitrogen and oxygen atoms in total. The third kappa shape index (κ3) is 3.23. The Morgan fingerprint density at radius 3 is 3.19 bits per heavy atom. The van der Waals surface area contributed by atoms with E-state index >= 15 is 0 Å². The molecular weight excluding hydrogens is 218 g/mol. The highest BCUT2D eigenvalue weighted by molar-refractivity contribution is 8.14. The fourth-order valence-electron chi connectivity index (χ4n) is 1.66. The maximum absolute atomic E-state index is 4.49. The highest BCUT2D eigenvalue weighted by atomic mass is 32.2. The largest absolute Gasteiger partial charge is 0.359 e. The minimum atomic E-state index is 0.677. The van der Waals surface area contributed by atoms with Gasteiger partial charge in [0.1, 0.15) is 0 Å². The van der Waals surface area contributed by atoms with Crippen LogP contribution in [0, 0.1) is 0 Å². The molecule has 1 atom stereocenters. The molecule has 1 aliphatic heterocycles. The normalized spacial score (nSPS) is 19.6. The van der Waals surface area contributed by atoms with E-state index < -0.39 is 0 Å². The molecule has 1 N–H and O–H groups in total. The Morgan fingerprint density at radius 2 is 2.44 bits per heavy atom.